The van der Waals surface area contributed by atoms with Crippen molar-refractivity contribution in [1.82, 2.24) is 9.62 Å². The standard InChI is InChI=1S/C22H29N3O3S/c26-22(24-15-7-14-23-21-10-5-2-6-11-21)20-12-16-25(17-13-20)29(27,28)18-19-8-3-1-4-9-19/h1-6,8-11,20,23H,7,12-18H2,(H,24,26). The number of sulfonamides is 1. The fourth-order valence-corrected chi connectivity index (χ4v) is 5.07. The van der Waals surface area contributed by atoms with Crippen molar-refractivity contribution in [2.45, 2.75) is 25.0 Å². The molecule has 0 atom stereocenters. The first kappa shape index (κ1) is 21.3. The second-order valence-electron chi connectivity index (χ2n) is 7.35. The summed E-state index contributed by atoms with van der Waals surface area (Å²) in [5, 5.41) is 6.30. The van der Waals surface area contributed by atoms with Crippen molar-refractivity contribution >= 4 is 21.6 Å². The zero-order chi connectivity index (χ0) is 20.5. The van der Waals surface area contributed by atoms with Crippen LogP contribution in [0.4, 0.5) is 5.69 Å². The fraction of sp³-hybridized carbons (Fsp3) is 0.409. The van der Waals surface area contributed by atoms with Crippen molar-refractivity contribution < 1.29 is 13.2 Å². The number of nitrogens with zero attached hydrogens (tertiary/aromatic N) is 1. The summed E-state index contributed by atoms with van der Waals surface area (Å²) in [4.78, 5) is 12.4. The van der Waals surface area contributed by atoms with E-state index in [4.69, 9.17) is 0 Å². The number of piperidine rings is 1. The number of rotatable bonds is 9. The Morgan fingerprint density at radius 3 is 2.21 bits per heavy atom. The second-order valence-corrected chi connectivity index (χ2v) is 9.32. The Balaban J connectivity index is 1.35. The number of hydrogen-bond donors (Lipinski definition) is 2. The number of hydrogen-bond acceptors (Lipinski definition) is 4. The molecule has 0 aliphatic carbocycles. The number of para-hydroxylation sites is 1. The van der Waals surface area contributed by atoms with Crippen molar-refractivity contribution in [3.05, 3.63) is 66.2 Å². The molecule has 1 fully saturated rings. The van der Waals surface area contributed by atoms with E-state index in [1.54, 1.807) is 0 Å². The molecule has 3 rings (SSSR count). The lowest BCUT2D eigenvalue weighted by Crippen LogP contribution is -2.43. The summed E-state index contributed by atoms with van der Waals surface area (Å²) in [5.74, 6) is -0.0656. The van der Waals surface area contributed by atoms with E-state index in [0.717, 1.165) is 24.2 Å². The lowest BCUT2D eigenvalue weighted by Gasteiger charge is -2.30. The molecule has 156 valence electrons. The van der Waals surface area contributed by atoms with Gasteiger partial charge in [0.1, 0.15) is 0 Å². The predicted molar refractivity (Wildman–Crippen MR) is 116 cm³/mol. The van der Waals surface area contributed by atoms with Gasteiger partial charge in [-0.15, -0.1) is 0 Å². The highest BCUT2D eigenvalue weighted by atomic mass is 32.2. The number of carbonyl (C=O) groups is 1. The Hall–Kier alpha value is -2.38. The minimum absolute atomic E-state index is 0.0130. The largest absolute Gasteiger partial charge is 0.385 e. The van der Waals surface area contributed by atoms with E-state index in [1.165, 1.54) is 4.31 Å². The topological polar surface area (TPSA) is 78.5 Å². The first-order valence-corrected chi connectivity index (χ1v) is 11.7. The number of benzene rings is 2. The SMILES string of the molecule is O=C(NCCCNc1ccccc1)C1CCN(S(=O)(=O)Cc2ccccc2)CC1. The molecule has 1 aliphatic heterocycles. The van der Waals surface area contributed by atoms with Crippen LogP contribution in [0.1, 0.15) is 24.8 Å². The molecule has 29 heavy (non-hydrogen) atoms. The third-order valence-corrected chi connectivity index (χ3v) is 7.02. The number of amides is 1. The minimum Gasteiger partial charge on any atom is -0.385 e. The molecule has 0 saturated carbocycles. The third kappa shape index (κ3) is 6.58. The predicted octanol–water partition coefficient (Wildman–Crippen LogP) is 2.85. The van der Waals surface area contributed by atoms with Gasteiger partial charge in [-0.25, -0.2) is 12.7 Å². The van der Waals surface area contributed by atoms with Gasteiger partial charge < -0.3 is 10.6 Å². The van der Waals surface area contributed by atoms with Crippen LogP contribution in [0.2, 0.25) is 0 Å². The minimum atomic E-state index is -3.34. The third-order valence-electron chi connectivity index (χ3n) is 5.17. The van der Waals surface area contributed by atoms with Gasteiger partial charge in [-0.3, -0.25) is 4.79 Å². The highest BCUT2D eigenvalue weighted by Gasteiger charge is 2.30. The zero-order valence-electron chi connectivity index (χ0n) is 16.6. The lowest BCUT2D eigenvalue weighted by molar-refractivity contribution is -0.126. The maximum Gasteiger partial charge on any atom is 0.223 e. The van der Waals surface area contributed by atoms with Crippen molar-refractivity contribution in [2.24, 2.45) is 5.92 Å². The van der Waals surface area contributed by atoms with Gasteiger partial charge >= 0.3 is 0 Å². The van der Waals surface area contributed by atoms with Crippen LogP contribution in [-0.4, -0.2) is 44.8 Å². The van der Waals surface area contributed by atoms with Crippen LogP contribution in [-0.2, 0) is 20.6 Å². The number of nitrogens with one attached hydrogen (secondary N) is 2. The summed E-state index contributed by atoms with van der Waals surface area (Å²) in [6, 6.07) is 19.2. The summed E-state index contributed by atoms with van der Waals surface area (Å²) < 4.78 is 26.7. The van der Waals surface area contributed by atoms with Gasteiger partial charge in [0.25, 0.3) is 0 Å². The maximum absolute atomic E-state index is 12.6. The summed E-state index contributed by atoms with van der Waals surface area (Å²) in [6.07, 6.45) is 1.98. The Bertz CT molecular complexity index is 865. The highest BCUT2D eigenvalue weighted by Crippen LogP contribution is 2.21. The number of anilines is 1. The smallest absolute Gasteiger partial charge is 0.223 e. The van der Waals surface area contributed by atoms with E-state index in [-0.39, 0.29) is 17.6 Å². The molecule has 1 aliphatic rings. The van der Waals surface area contributed by atoms with Crippen LogP contribution in [0.3, 0.4) is 0 Å². The van der Waals surface area contributed by atoms with Crippen molar-refractivity contribution in [3.8, 4) is 0 Å². The van der Waals surface area contributed by atoms with Crippen molar-refractivity contribution in [3.63, 3.8) is 0 Å². The zero-order valence-corrected chi connectivity index (χ0v) is 17.4. The molecule has 7 heteroatoms. The summed E-state index contributed by atoms with van der Waals surface area (Å²) in [7, 11) is -3.34. The molecular formula is C22H29N3O3S. The van der Waals surface area contributed by atoms with Gasteiger partial charge in [0, 0.05) is 37.8 Å². The van der Waals surface area contributed by atoms with Gasteiger partial charge in [0.15, 0.2) is 0 Å². The fourth-order valence-electron chi connectivity index (χ4n) is 3.51. The first-order valence-electron chi connectivity index (χ1n) is 10.1. The molecule has 0 unspecified atom stereocenters. The molecule has 0 aromatic heterocycles. The Labute approximate surface area is 173 Å². The van der Waals surface area contributed by atoms with Gasteiger partial charge in [0.2, 0.25) is 15.9 Å². The molecule has 2 aromatic carbocycles. The first-order chi connectivity index (χ1) is 14.0. The molecule has 0 spiro atoms. The Morgan fingerprint density at radius 2 is 1.55 bits per heavy atom. The molecule has 2 N–H and O–H groups in total. The summed E-state index contributed by atoms with van der Waals surface area (Å²) in [6.45, 7) is 2.22. The Morgan fingerprint density at radius 1 is 0.931 bits per heavy atom. The van der Waals surface area contributed by atoms with Crippen LogP contribution < -0.4 is 10.6 Å². The van der Waals surface area contributed by atoms with Gasteiger partial charge in [-0.05, 0) is 37.0 Å². The van der Waals surface area contributed by atoms with E-state index in [1.807, 2.05) is 60.7 Å². The van der Waals surface area contributed by atoms with E-state index >= 15 is 0 Å². The van der Waals surface area contributed by atoms with Gasteiger partial charge in [-0.1, -0.05) is 48.5 Å². The van der Waals surface area contributed by atoms with Crippen LogP contribution in [0.25, 0.3) is 0 Å². The normalized spacial score (nSPS) is 15.7. The molecule has 2 aromatic rings. The van der Waals surface area contributed by atoms with Crippen molar-refractivity contribution in [2.75, 3.05) is 31.5 Å². The van der Waals surface area contributed by atoms with E-state index in [9.17, 15) is 13.2 Å². The Kier molecular flexibility index (Phi) is 7.66. The maximum atomic E-state index is 12.6. The van der Waals surface area contributed by atoms with Crippen LogP contribution in [0.5, 0.6) is 0 Å². The number of carbonyl (C=O) groups excluding carboxylic acids is 1. The second kappa shape index (κ2) is 10.4. The molecule has 6 nitrogen and oxygen atoms in total. The van der Waals surface area contributed by atoms with E-state index in [0.29, 0.717) is 32.5 Å². The van der Waals surface area contributed by atoms with Crippen molar-refractivity contribution in [1.29, 1.82) is 0 Å². The molecule has 1 amide bonds. The van der Waals surface area contributed by atoms with Gasteiger partial charge in [0.05, 0.1) is 5.75 Å². The van der Waals surface area contributed by atoms with E-state index < -0.39 is 10.0 Å². The highest BCUT2D eigenvalue weighted by molar-refractivity contribution is 7.88. The molecule has 0 radical (unpaired) electrons. The monoisotopic (exact) mass is 415 g/mol. The summed E-state index contributed by atoms with van der Waals surface area (Å²) >= 11 is 0. The lowest BCUT2D eigenvalue weighted by atomic mass is 9.97. The molecular weight excluding hydrogens is 386 g/mol. The van der Waals surface area contributed by atoms with Crippen LogP contribution in [0.15, 0.2) is 60.7 Å². The summed E-state index contributed by atoms with van der Waals surface area (Å²) in [5.41, 5.74) is 1.86. The van der Waals surface area contributed by atoms with Gasteiger partial charge in [-0.2, -0.15) is 0 Å². The van der Waals surface area contributed by atoms with Crippen LogP contribution >= 0.6 is 0 Å². The average molecular weight is 416 g/mol. The molecule has 0 bridgehead atoms. The molecule has 1 heterocycles. The van der Waals surface area contributed by atoms with Crippen LogP contribution in [0, 0.1) is 5.92 Å². The quantitative estimate of drug-likeness (QED) is 0.618. The average Bonchev–Trinajstić information content (AvgIpc) is 2.74. The van der Waals surface area contributed by atoms with E-state index in [2.05, 4.69) is 10.6 Å². The molecule has 1 saturated heterocycles.